The molecule has 0 bridgehead atoms. The molecular formula is C20H21ClF3N5O2. The molecule has 1 saturated heterocycles. The lowest BCUT2D eigenvalue weighted by Crippen LogP contribution is -2.47. The zero-order valence-corrected chi connectivity index (χ0v) is 17.7. The number of halogens is 4. The van der Waals surface area contributed by atoms with Crippen LogP contribution in [0.25, 0.3) is 0 Å². The lowest BCUT2D eigenvalue weighted by Gasteiger charge is -2.29. The van der Waals surface area contributed by atoms with Crippen molar-refractivity contribution >= 4 is 29.2 Å². The molecule has 0 radical (unpaired) electrons. The summed E-state index contributed by atoms with van der Waals surface area (Å²) in [6, 6.07) is 5.09. The Hall–Kier alpha value is -2.88. The molecule has 3 rings (SSSR count). The summed E-state index contributed by atoms with van der Waals surface area (Å²) in [7, 11) is 0. The summed E-state index contributed by atoms with van der Waals surface area (Å²) < 4.78 is 40.1. The molecule has 0 spiro atoms. The van der Waals surface area contributed by atoms with Crippen LogP contribution in [-0.4, -0.2) is 45.0 Å². The minimum atomic E-state index is -4.90. The van der Waals surface area contributed by atoms with Gasteiger partial charge in [0.2, 0.25) is 5.28 Å². The number of hydrogen-bond donors (Lipinski definition) is 1. The molecule has 1 fully saturated rings. The quantitative estimate of drug-likeness (QED) is 0.685. The van der Waals surface area contributed by atoms with Crippen LogP contribution in [0.4, 0.5) is 23.7 Å². The van der Waals surface area contributed by atoms with E-state index in [2.05, 4.69) is 15.3 Å². The van der Waals surface area contributed by atoms with Gasteiger partial charge in [0.15, 0.2) is 5.69 Å². The molecule has 166 valence electrons. The third-order valence-corrected chi connectivity index (χ3v) is 5.17. The van der Waals surface area contributed by atoms with Crippen LogP contribution in [0.15, 0.2) is 24.4 Å². The molecule has 11 heteroatoms. The molecule has 3 amide bonds. The summed E-state index contributed by atoms with van der Waals surface area (Å²) in [4.78, 5) is 32.6. The first kappa shape index (κ1) is 22.8. The zero-order chi connectivity index (χ0) is 22.8. The van der Waals surface area contributed by atoms with Crippen molar-refractivity contribution < 1.29 is 22.8 Å². The van der Waals surface area contributed by atoms with E-state index in [9.17, 15) is 22.8 Å². The van der Waals surface area contributed by atoms with Crippen molar-refractivity contribution in [1.82, 2.24) is 20.0 Å². The summed E-state index contributed by atoms with van der Waals surface area (Å²) in [6.45, 7) is 4.18. The Morgan fingerprint density at radius 2 is 1.74 bits per heavy atom. The average Bonchev–Trinajstić information content (AvgIpc) is 3.22. The Bertz CT molecular complexity index is 977. The van der Waals surface area contributed by atoms with Crippen molar-refractivity contribution in [3.8, 4) is 0 Å². The molecule has 1 aliphatic heterocycles. The van der Waals surface area contributed by atoms with E-state index < -0.39 is 34.7 Å². The van der Waals surface area contributed by atoms with Crippen LogP contribution in [0.3, 0.4) is 0 Å². The van der Waals surface area contributed by atoms with Gasteiger partial charge in [0, 0.05) is 25.0 Å². The van der Waals surface area contributed by atoms with E-state index in [4.69, 9.17) is 11.6 Å². The van der Waals surface area contributed by atoms with Crippen molar-refractivity contribution in [2.24, 2.45) is 0 Å². The SMILES string of the molecule is CCc1cccc(CC)c1NC(=O)N1CCCN1C(=O)c1cnc(Cl)nc1C(F)(F)F. The number of rotatable bonds is 4. The highest BCUT2D eigenvalue weighted by molar-refractivity contribution is 6.28. The maximum absolute atomic E-state index is 13.4. The molecule has 1 aromatic heterocycles. The predicted molar refractivity (Wildman–Crippen MR) is 109 cm³/mol. The van der Waals surface area contributed by atoms with Crippen molar-refractivity contribution in [2.45, 2.75) is 39.3 Å². The van der Waals surface area contributed by atoms with Crippen LogP contribution in [0.1, 0.15) is 47.4 Å². The number of carbonyl (C=O) groups excluding carboxylic acids is 2. The van der Waals surface area contributed by atoms with Crippen molar-refractivity contribution in [1.29, 1.82) is 0 Å². The summed E-state index contributed by atoms with van der Waals surface area (Å²) in [5.74, 6) is -1.02. The molecular weight excluding hydrogens is 435 g/mol. The van der Waals surface area contributed by atoms with E-state index in [1.54, 1.807) is 0 Å². The molecule has 1 N–H and O–H groups in total. The van der Waals surface area contributed by atoms with Crippen LogP contribution < -0.4 is 5.32 Å². The molecule has 1 aliphatic rings. The van der Waals surface area contributed by atoms with Gasteiger partial charge in [-0.15, -0.1) is 0 Å². The van der Waals surface area contributed by atoms with Crippen LogP contribution in [0.5, 0.6) is 0 Å². The summed E-state index contributed by atoms with van der Waals surface area (Å²) in [6.07, 6.45) is -2.38. The number of aryl methyl sites for hydroxylation is 2. The van der Waals surface area contributed by atoms with Gasteiger partial charge in [-0.3, -0.25) is 4.79 Å². The second kappa shape index (κ2) is 9.09. The van der Waals surface area contributed by atoms with Gasteiger partial charge in [0.1, 0.15) is 0 Å². The molecule has 31 heavy (non-hydrogen) atoms. The Morgan fingerprint density at radius 3 is 2.32 bits per heavy atom. The number of hydrogen-bond acceptors (Lipinski definition) is 4. The lowest BCUT2D eigenvalue weighted by atomic mass is 10.0. The summed E-state index contributed by atoms with van der Waals surface area (Å²) in [5.41, 5.74) is 0.308. The first-order chi connectivity index (χ1) is 14.7. The summed E-state index contributed by atoms with van der Waals surface area (Å²) in [5, 5.41) is 4.31. The maximum atomic E-state index is 13.4. The monoisotopic (exact) mass is 455 g/mol. The highest BCUT2D eigenvalue weighted by atomic mass is 35.5. The minimum absolute atomic E-state index is 0.0856. The van der Waals surface area contributed by atoms with Crippen molar-refractivity contribution in [3.05, 3.63) is 52.1 Å². The standard InChI is InChI=1S/C20H21ClF3N5O2/c1-3-12-7-5-8-13(4-2)15(12)26-19(31)29-10-6-9-28(29)17(30)14-11-25-18(21)27-16(14)20(22,23)24/h5,7-8,11H,3-4,6,9-10H2,1-2H3,(H,26,31). The Kier molecular flexibility index (Phi) is 6.68. The molecule has 0 unspecified atom stereocenters. The fourth-order valence-electron chi connectivity index (χ4n) is 3.48. The van der Waals surface area contributed by atoms with Gasteiger partial charge in [-0.25, -0.2) is 24.8 Å². The second-order valence-corrected chi connectivity index (χ2v) is 7.23. The van der Waals surface area contributed by atoms with Crippen LogP contribution >= 0.6 is 11.6 Å². The van der Waals surface area contributed by atoms with E-state index >= 15 is 0 Å². The average molecular weight is 456 g/mol. The zero-order valence-electron chi connectivity index (χ0n) is 17.0. The molecule has 7 nitrogen and oxygen atoms in total. The highest BCUT2D eigenvalue weighted by Gasteiger charge is 2.41. The predicted octanol–water partition coefficient (Wildman–Crippen LogP) is 4.57. The number of nitrogens with one attached hydrogen (secondary N) is 1. The van der Waals surface area contributed by atoms with E-state index in [1.807, 2.05) is 32.0 Å². The Labute approximate surface area is 182 Å². The van der Waals surface area contributed by atoms with E-state index in [1.165, 1.54) is 0 Å². The summed E-state index contributed by atoms with van der Waals surface area (Å²) >= 11 is 5.49. The number of carbonyl (C=O) groups is 2. The van der Waals surface area contributed by atoms with Gasteiger partial charge in [-0.1, -0.05) is 32.0 Å². The minimum Gasteiger partial charge on any atom is -0.306 e. The first-order valence-electron chi connectivity index (χ1n) is 9.78. The third-order valence-electron chi connectivity index (χ3n) is 4.99. The molecule has 2 aromatic rings. The number of urea groups is 1. The first-order valence-corrected chi connectivity index (χ1v) is 10.2. The molecule has 2 heterocycles. The van der Waals surface area contributed by atoms with Gasteiger partial charge in [-0.05, 0) is 42.0 Å². The van der Waals surface area contributed by atoms with Crippen molar-refractivity contribution in [3.63, 3.8) is 0 Å². The van der Waals surface area contributed by atoms with Crippen LogP contribution in [0, 0.1) is 0 Å². The van der Waals surface area contributed by atoms with Crippen LogP contribution in [-0.2, 0) is 19.0 Å². The van der Waals surface area contributed by atoms with Gasteiger partial charge in [-0.2, -0.15) is 13.2 Å². The molecule has 0 atom stereocenters. The van der Waals surface area contributed by atoms with Gasteiger partial charge in [0.05, 0.1) is 5.56 Å². The smallest absolute Gasteiger partial charge is 0.306 e. The fourth-order valence-corrected chi connectivity index (χ4v) is 3.61. The third kappa shape index (κ3) is 4.73. The molecule has 0 aliphatic carbocycles. The van der Waals surface area contributed by atoms with E-state index in [-0.39, 0.29) is 13.1 Å². The second-order valence-electron chi connectivity index (χ2n) is 6.89. The number of nitrogens with zero attached hydrogens (tertiary/aromatic N) is 4. The topological polar surface area (TPSA) is 78.4 Å². The highest BCUT2D eigenvalue weighted by Crippen LogP contribution is 2.32. The Balaban J connectivity index is 1.89. The lowest BCUT2D eigenvalue weighted by molar-refractivity contribution is -0.141. The Morgan fingerprint density at radius 1 is 1.13 bits per heavy atom. The van der Waals surface area contributed by atoms with Gasteiger partial charge < -0.3 is 5.32 Å². The van der Waals surface area contributed by atoms with Crippen LogP contribution in [0.2, 0.25) is 5.28 Å². The maximum Gasteiger partial charge on any atom is 0.434 e. The number of benzene rings is 1. The molecule has 0 saturated carbocycles. The number of amides is 3. The number of alkyl halides is 3. The van der Waals surface area contributed by atoms with Gasteiger partial charge in [0.25, 0.3) is 5.91 Å². The normalized spacial score (nSPS) is 14.1. The molecule has 1 aromatic carbocycles. The van der Waals surface area contributed by atoms with E-state index in [0.717, 1.165) is 27.3 Å². The fraction of sp³-hybridized carbons (Fsp3) is 0.400. The number of hydrazine groups is 1. The number of anilines is 1. The number of para-hydroxylation sites is 1. The number of aromatic nitrogens is 2. The van der Waals surface area contributed by atoms with E-state index in [0.29, 0.717) is 24.9 Å². The van der Waals surface area contributed by atoms with Gasteiger partial charge >= 0.3 is 12.2 Å². The largest absolute Gasteiger partial charge is 0.434 e. The van der Waals surface area contributed by atoms with Crippen molar-refractivity contribution in [2.75, 3.05) is 18.4 Å².